The molecule has 33 heavy (non-hydrogen) atoms. The van der Waals surface area contributed by atoms with Crippen molar-refractivity contribution in [1.82, 2.24) is 30.6 Å². The van der Waals surface area contributed by atoms with Crippen LogP contribution in [-0.4, -0.2) is 39.0 Å². The minimum atomic E-state index is -5.06. The molecule has 0 saturated heterocycles. The number of nitrogens with two attached hydrogens (primary N) is 2. The number of aromatic nitrogens is 6. The largest absolute Gasteiger partial charge is 0.417 e. The van der Waals surface area contributed by atoms with Crippen LogP contribution in [-0.2, 0) is 16.2 Å². The summed E-state index contributed by atoms with van der Waals surface area (Å²) >= 11 is 0. The average molecular weight is 479 g/mol. The Kier molecular flexibility index (Phi) is 6.07. The summed E-state index contributed by atoms with van der Waals surface area (Å²) in [5, 5.41) is 27.2. The second-order valence-electron chi connectivity index (χ2n) is 6.30. The van der Waals surface area contributed by atoms with Gasteiger partial charge >= 0.3 is 6.18 Å². The minimum absolute atomic E-state index is 0.0222. The Hall–Kier alpha value is -4.03. The van der Waals surface area contributed by atoms with E-state index in [1.54, 1.807) is 0 Å². The summed E-state index contributed by atoms with van der Waals surface area (Å²) in [7, 11) is -4.93. The van der Waals surface area contributed by atoms with Gasteiger partial charge in [-0.05, 0) is 29.0 Å². The first kappa shape index (κ1) is 23.6. The molecule has 2 aromatic heterocycles. The molecule has 0 aliphatic carbocycles. The van der Waals surface area contributed by atoms with Crippen molar-refractivity contribution < 1.29 is 21.6 Å². The number of benzene rings is 2. The van der Waals surface area contributed by atoms with Gasteiger partial charge in [0.1, 0.15) is 4.90 Å². The Morgan fingerprint density at radius 3 is 2.39 bits per heavy atom. The molecule has 172 valence electrons. The lowest BCUT2D eigenvalue weighted by atomic mass is 9.94. The molecular formula is C18H16F3N9O2S. The lowest BCUT2D eigenvalue weighted by Gasteiger charge is -2.17. The van der Waals surface area contributed by atoms with Crippen LogP contribution < -0.4 is 10.9 Å². The highest BCUT2D eigenvalue weighted by molar-refractivity contribution is 7.89. The topological polar surface area (TPSA) is 193 Å². The van der Waals surface area contributed by atoms with Gasteiger partial charge in [-0.15, -0.1) is 10.2 Å². The molecule has 0 aliphatic rings. The summed E-state index contributed by atoms with van der Waals surface area (Å²) in [6.07, 6.45) is -5.06. The Labute approximate surface area is 184 Å². The number of nitriles is 1. The predicted octanol–water partition coefficient (Wildman–Crippen LogP) is 2.56. The molecule has 0 atom stereocenters. The van der Waals surface area contributed by atoms with Gasteiger partial charge in [-0.1, -0.05) is 19.9 Å². The lowest BCUT2D eigenvalue weighted by molar-refractivity contribution is -0.139. The Morgan fingerprint density at radius 2 is 1.85 bits per heavy atom. The van der Waals surface area contributed by atoms with E-state index in [0.717, 1.165) is 6.07 Å². The monoisotopic (exact) mass is 479 g/mol. The van der Waals surface area contributed by atoms with Crippen molar-refractivity contribution in [3.8, 4) is 28.6 Å². The number of hydrogen-bond acceptors (Lipinski definition) is 8. The first-order chi connectivity index (χ1) is 15.5. The van der Waals surface area contributed by atoms with Crippen molar-refractivity contribution in [3.05, 3.63) is 35.4 Å². The second-order valence-corrected chi connectivity index (χ2v) is 7.80. The second kappa shape index (κ2) is 8.48. The molecule has 0 radical (unpaired) electrons. The molecule has 0 spiro atoms. The van der Waals surface area contributed by atoms with Crippen molar-refractivity contribution in [3.63, 3.8) is 0 Å². The Balaban J connectivity index is 0.00000149. The van der Waals surface area contributed by atoms with E-state index < -0.39 is 38.0 Å². The molecule has 6 N–H and O–H groups in total. The van der Waals surface area contributed by atoms with Gasteiger partial charge in [0.2, 0.25) is 15.8 Å². The van der Waals surface area contributed by atoms with Crippen molar-refractivity contribution in [1.29, 1.82) is 5.26 Å². The van der Waals surface area contributed by atoms with E-state index in [9.17, 15) is 26.9 Å². The number of rotatable bonds is 3. The first-order valence-corrected chi connectivity index (χ1v) is 10.8. The zero-order valence-corrected chi connectivity index (χ0v) is 17.9. The number of H-pyrrole nitrogens is 2. The van der Waals surface area contributed by atoms with E-state index >= 15 is 0 Å². The normalized spacial score (nSPS) is 11.7. The molecule has 11 nitrogen and oxygen atoms in total. The number of imidazole rings is 1. The molecule has 0 bridgehead atoms. The molecule has 0 unspecified atom stereocenters. The van der Waals surface area contributed by atoms with Crippen LogP contribution in [0.1, 0.15) is 25.0 Å². The zero-order chi connectivity index (χ0) is 24.6. The van der Waals surface area contributed by atoms with Crippen molar-refractivity contribution in [2.24, 2.45) is 5.14 Å². The fraction of sp³-hybridized carbons (Fsp3) is 0.167. The quantitative estimate of drug-likeness (QED) is 0.344. The lowest BCUT2D eigenvalue weighted by Crippen LogP contribution is -2.21. The van der Waals surface area contributed by atoms with E-state index in [-0.39, 0.29) is 28.2 Å². The van der Waals surface area contributed by atoms with Gasteiger partial charge in [0.15, 0.2) is 5.95 Å². The van der Waals surface area contributed by atoms with E-state index in [2.05, 4.69) is 30.6 Å². The first-order valence-electron chi connectivity index (χ1n) is 9.21. The Morgan fingerprint density at radius 1 is 1.15 bits per heavy atom. The van der Waals surface area contributed by atoms with Crippen LogP contribution >= 0.6 is 0 Å². The van der Waals surface area contributed by atoms with Crippen molar-refractivity contribution >= 4 is 27.0 Å². The molecule has 0 fully saturated rings. The molecule has 0 amide bonds. The third kappa shape index (κ3) is 4.33. The van der Waals surface area contributed by atoms with E-state index in [4.69, 9.17) is 10.9 Å². The van der Waals surface area contributed by atoms with E-state index in [1.165, 1.54) is 12.1 Å². The fourth-order valence-electron chi connectivity index (χ4n) is 3.22. The van der Waals surface area contributed by atoms with Gasteiger partial charge in [0.25, 0.3) is 0 Å². The number of aromatic amines is 2. The third-order valence-corrected chi connectivity index (χ3v) is 5.33. The summed E-state index contributed by atoms with van der Waals surface area (Å²) < 4.78 is 65.5. The molecule has 0 saturated carbocycles. The van der Waals surface area contributed by atoms with E-state index in [1.807, 2.05) is 19.9 Å². The summed E-state index contributed by atoms with van der Waals surface area (Å²) in [6.45, 7) is 4.00. The van der Waals surface area contributed by atoms with Crippen LogP contribution in [0, 0.1) is 11.3 Å². The van der Waals surface area contributed by atoms with Crippen LogP contribution in [0.3, 0.4) is 0 Å². The number of nitrogens with one attached hydrogen (secondary N) is 2. The van der Waals surface area contributed by atoms with Crippen LogP contribution in [0.4, 0.5) is 19.1 Å². The number of fused-ring (bicyclic) bond motifs is 1. The van der Waals surface area contributed by atoms with Gasteiger partial charge in [-0.3, -0.25) is 0 Å². The number of sulfonamides is 1. The smallest absolute Gasteiger partial charge is 0.369 e. The Bertz CT molecular complexity index is 1470. The van der Waals surface area contributed by atoms with Crippen LogP contribution in [0.2, 0.25) is 0 Å². The van der Waals surface area contributed by atoms with Gasteiger partial charge in [-0.2, -0.15) is 23.6 Å². The number of alkyl halides is 3. The SMILES string of the molecule is CC.N#Cc1cc(-c2ccc(C(F)(F)F)c(S(N)(=O)=O)c2-c2nn[nH]n2)c2nc(N)[nH]c2c1. The molecule has 2 aromatic carbocycles. The molecule has 0 aliphatic heterocycles. The number of halogens is 3. The van der Waals surface area contributed by atoms with Gasteiger partial charge in [-0.25, -0.2) is 18.5 Å². The third-order valence-electron chi connectivity index (χ3n) is 4.34. The molecule has 4 aromatic rings. The maximum absolute atomic E-state index is 13.6. The minimum Gasteiger partial charge on any atom is -0.369 e. The molecule has 4 rings (SSSR count). The summed E-state index contributed by atoms with van der Waals surface area (Å²) in [6, 6.07) is 6.25. The maximum Gasteiger partial charge on any atom is 0.417 e. The molecule has 15 heteroatoms. The number of hydrogen-bond donors (Lipinski definition) is 4. The number of nitrogen functional groups attached to an aromatic ring is 1. The summed E-state index contributed by atoms with van der Waals surface area (Å²) in [5.41, 5.74) is 4.27. The van der Waals surface area contributed by atoms with Gasteiger partial charge in [0, 0.05) is 5.56 Å². The highest BCUT2D eigenvalue weighted by Gasteiger charge is 2.40. The highest BCUT2D eigenvalue weighted by atomic mass is 32.2. The van der Waals surface area contributed by atoms with Crippen LogP contribution in [0.15, 0.2) is 29.2 Å². The van der Waals surface area contributed by atoms with E-state index in [0.29, 0.717) is 11.6 Å². The van der Waals surface area contributed by atoms with Crippen molar-refractivity contribution in [2.45, 2.75) is 24.9 Å². The van der Waals surface area contributed by atoms with Crippen molar-refractivity contribution in [2.75, 3.05) is 5.73 Å². The van der Waals surface area contributed by atoms with Crippen LogP contribution in [0.25, 0.3) is 33.5 Å². The predicted molar refractivity (Wildman–Crippen MR) is 112 cm³/mol. The maximum atomic E-state index is 13.6. The summed E-state index contributed by atoms with van der Waals surface area (Å²) in [5.74, 6) is -0.477. The zero-order valence-electron chi connectivity index (χ0n) is 17.1. The van der Waals surface area contributed by atoms with Gasteiger partial charge in [0.05, 0.1) is 33.8 Å². The average Bonchev–Trinajstić information content (AvgIpc) is 3.41. The highest BCUT2D eigenvalue weighted by Crippen LogP contribution is 2.44. The molecular weight excluding hydrogens is 463 g/mol. The fourth-order valence-corrected chi connectivity index (χ4v) is 4.20. The standard InChI is InChI=1S/C16H10F3N9O2S.C2H6/c17-16(18,19)9-2-1-7(11(13(9)31(22,29)30)14-25-27-28-26-14)8-3-6(5-20)4-10-12(8)24-15(21)23-10;1-2/h1-4H,(H3,21,23,24)(H2,22,29,30)(H,25,26,27,28);1-2H3. The number of anilines is 1. The summed E-state index contributed by atoms with van der Waals surface area (Å²) in [4.78, 5) is 5.58. The number of nitrogens with zero attached hydrogens (tertiary/aromatic N) is 5. The van der Waals surface area contributed by atoms with Gasteiger partial charge < -0.3 is 10.7 Å². The number of primary sulfonamides is 1. The number of tetrazole rings is 1. The van der Waals surface area contributed by atoms with Crippen LogP contribution in [0.5, 0.6) is 0 Å². The molecule has 2 heterocycles.